The molecule has 0 bridgehead atoms. The van der Waals surface area contributed by atoms with Crippen LogP contribution in [0, 0.1) is 0 Å². The van der Waals surface area contributed by atoms with Crippen molar-refractivity contribution in [1.82, 2.24) is 5.32 Å². The molecule has 0 spiro atoms. The number of hydrogen-bond donors (Lipinski definition) is 1. The fourth-order valence-electron chi connectivity index (χ4n) is 2.71. The number of hydrogen-bond acceptors (Lipinski definition) is 4. The molecule has 0 unspecified atom stereocenters. The molecule has 0 fully saturated rings. The maximum absolute atomic E-state index is 6.23. The van der Waals surface area contributed by atoms with E-state index >= 15 is 0 Å². The zero-order chi connectivity index (χ0) is 21.1. The van der Waals surface area contributed by atoms with Crippen LogP contribution in [0.3, 0.4) is 0 Å². The third-order valence-electron chi connectivity index (χ3n) is 4.33. The number of rotatable bonds is 13. The van der Waals surface area contributed by atoms with Crippen LogP contribution in [0.1, 0.15) is 37.3 Å². The van der Waals surface area contributed by atoms with Crippen LogP contribution in [0.25, 0.3) is 0 Å². The lowest BCUT2D eigenvalue weighted by Gasteiger charge is -2.16. The maximum atomic E-state index is 6.23. The van der Waals surface area contributed by atoms with Gasteiger partial charge in [-0.05, 0) is 65.1 Å². The smallest absolute Gasteiger partial charge is 0.175 e. The number of ether oxygens (including phenoxy) is 3. The molecular formula is C22H28BrCl2NO3. The Morgan fingerprint density at radius 1 is 1.07 bits per heavy atom. The lowest BCUT2D eigenvalue weighted by Crippen LogP contribution is -2.16. The Kier molecular flexibility index (Phi) is 11.2. The fourth-order valence-corrected chi connectivity index (χ4v) is 3.82. The molecule has 0 aliphatic carbocycles. The molecule has 29 heavy (non-hydrogen) atoms. The summed E-state index contributed by atoms with van der Waals surface area (Å²) in [5.41, 5.74) is 1.85. The number of benzene rings is 2. The quantitative estimate of drug-likeness (QED) is 0.310. The lowest BCUT2D eigenvalue weighted by molar-refractivity contribution is 0.129. The van der Waals surface area contributed by atoms with Crippen LogP contribution >= 0.6 is 39.1 Å². The van der Waals surface area contributed by atoms with E-state index in [1.165, 1.54) is 6.42 Å². The maximum Gasteiger partial charge on any atom is 0.175 e. The Labute approximate surface area is 192 Å². The molecule has 7 heteroatoms. The first-order valence-electron chi connectivity index (χ1n) is 9.77. The van der Waals surface area contributed by atoms with Crippen molar-refractivity contribution in [2.45, 2.75) is 39.3 Å². The molecule has 0 saturated heterocycles. The third-order valence-corrected chi connectivity index (χ3v) is 5.62. The van der Waals surface area contributed by atoms with Crippen LogP contribution in [0.15, 0.2) is 34.8 Å². The van der Waals surface area contributed by atoms with E-state index in [1.807, 2.05) is 18.2 Å². The average Bonchev–Trinajstić information content (AvgIpc) is 2.70. The average molecular weight is 505 g/mol. The Morgan fingerprint density at radius 2 is 1.79 bits per heavy atom. The van der Waals surface area contributed by atoms with Crippen molar-refractivity contribution in [1.29, 1.82) is 0 Å². The van der Waals surface area contributed by atoms with E-state index in [0.717, 1.165) is 54.7 Å². The third kappa shape index (κ3) is 7.99. The summed E-state index contributed by atoms with van der Waals surface area (Å²) in [6.07, 6.45) is 3.28. The highest BCUT2D eigenvalue weighted by molar-refractivity contribution is 9.10. The second-order valence-corrected chi connectivity index (χ2v) is 8.26. The molecule has 0 aliphatic heterocycles. The predicted molar refractivity (Wildman–Crippen MR) is 124 cm³/mol. The van der Waals surface area contributed by atoms with Crippen LogP contribution in [0.4, 0.5) is 0 Å². The summed E-state index contributed by atoms with van der Waals surface area (Å²) in [5.74, 6) is 1.28. The Morgan fingerprint density at radius 3 is 2.48 bits per heavy atom. The number of halogens is 3. The molecule has 2 aromatic rings. The van der Waals surface area contributed by atoms with Gasteiger partial charge in [0, 0.05) is 35.4 Å². The van der Waals surface area contributed by atoms with Gasteiger partial charge in [0.15, 0.2) is 11.5 Å². The molecule has 1 N–H and O–H groups in total. The molecule has 0 aliphatic rings. The molecule has 0 saturated carbocycles. The van der Waals surface area contributed by atoms with Gasteiger partial charge in [-0.25, -0.2) is 0 Å². The highest BCUT2D eigenvalue weighted by Gasteiger charge is 2.14. The van der Waals surface area contributed by atoms with Gasteiger partial charge in [0.1, 0.15) is 6.61 Å². The van der Waals surface area contributed by atoms with Crippen molar-refractivity contribution >= 4 is 39.1 Å². The van der Waals surface area contributed by atoms with E-state index in [4.69, 9.17) is 37.4 Å². The first kappa shape index (κ1) is 24.3. The first-order valence-corrected chi connectivity index (χ1v) is 11.3. The Balaban J connectivity index is 1.90. The van der Waals surface area contributed by atoms with Crippen molar-refractivity contribution in [2.24, 2.45) is 0 Å². The van der Waals surface area contributed by atoms with E-state index in [2.05, 4.69) is 28.2 Å². The summed E-state index contributed by atoms with van der Waals surface area (Å²) in [4.78, 5) is 0. The van der Waals surface area contributed by atoms with Crippen molar-refractivity contribution in [3.63, 3.8) is 0 Å². The van der Waals surface area contributed by atoms with Crippen LogP contribution in [-0.2, 0) is 17.9 Å². The van der Waals surface area contributed by atoms with E-state index in [9.17, 15) is 0 Å². The van der Waals surface area contributed by atoms with Gasteiger partial charge in [0.05, 0.1) is 11.6 Å². The molecule has 0 aromatic heterocycles. The second kappa shape index (κ2) is 13.3. The van der Waals surface area contributed by atoms with Gasteiger partial charge < -0.3 is 19.5 Å². The van der Waals surface area contributed by atoms with Gasteiger partial charge in [-0.3, -0.25) is 0 Å². The van der Waals surface area contributed by atoms with Gasteiger partial charge in [-0.1, -0.05) is 42.6 Å². The summed E-state index contributed by atoms with van der Waals surface area (Å²) >= 11 is 16.0. The Hall–Kier alpha value is -0.980. The van der Waals surface area contributed by atoms with Crippen LogP contribution in [0.5, 0.6) is 11.5 Å². The molecule has 0 radical (unpaired) electrons. The monoisotopic (exact) mass is 503 g/mol. The summed E-state index contributed by atoms with van der Waals surface area (Å²) in [6, 6.07) is 9.39. The largest absolute Gasteiger partial charge is 0.493 e. The van der Waals surface area contributed by atoms with Crippen LogP contribution in [-0.4, -0.2) is 26.9 Å². The topological polar surface area (TPSA) is 39.7 Å². The standard InChI is InChI=1S/C22H28BrCl2NO3/c1-3-4-10-28-11-6-9-26-14-16-12-18(23)22(21(13-16)27-2)29-15-17-19(24)7-5-8-20(17)25/h5,7-8,12-13,26H,3-4,6,9-11,14-15H2,1-2H3. The Bertz CT molecular complexity index is 754. The number of nitrogens with one attached hydrogen (secondary N) is 1. The van der Waals surface area contributed by atoms with E-state index in [-0.39, 0.29) is 6.61 Å². The molecule has 0 atom stereocenters. The minimum absolute atomic E-state index is 0.253. The zero-order valence-electron chi connectivity index (χ0n) is 16.9. The normalized spacial score (nSPS) is 10.9. The lowest BCUT2D eigenvalue weighted by atomic mass is 10.2. The summed E-state index contributed by atoms with van der Waals surface area (Å²) < 4.78 is 17.9. The van der Waals surface area contributed by atoms with Crippen LogP contribution in [0.2, 0.25) is 10.0 Å². The summed E-state index contributed by atoms with van der Waals surface area (Å²) in [6.45, 7) is 5.69. The van der Waals surface area contributed by atoms with E-state index in [1.54, 1.807) is 19.2 Å². The molecule has 2 aromatic carbocycles. The van der Waals surface area contributed by atoms with E-state index in [0.29, 0.717) is 21.5 Å². The fraction of sp³-hybridized carbons (Fsp3) is 0.455. The molecular weight excluding hydrogens is 477 g/mol. The van der Waals surface area contributed by atoms with Crippen molar-refractivity contribution in [3.8, 4) is 11.5 Å². The minimum Gasteiger partial charge on any atom is -0.493 e. The van der Waals surface area contributed by atoms with Gasteiger partial charge in [0.25, 0.3) is 0 Å². The molecule has 2 rings (SSSR count). The SMILES string of the molecule is CCCCOCCCNCc1cc(Br)c(OCc2c(Cl)cccc2Cl)c(OC)c1. The number of methoxy groups -OCH3 is 1. The second-order valence-electron chi connectivity index (χ2n) is 6.59. The highest BCUT2D eigenvalue weighted by atomic mass is 79.9. The van der Waals surface area contributed by atoms with Crippen molar-refractivity contribution in [2.75, 3.05) is 26.9 Å². The van der Waals surface area contributed by atoms with E-state index < -0.39 is 0 Å². The molecule has 4 nitrogen and oxygen atoms in total. The van der Waals surface area contributed by atoms with Gasteiger partial charge in [-0.15, -0.1) is 0 Å². The molecule has 160 valence electrons. The minimum atomic E-state index is 0.253. The van der Waals surface area contributed by atoms with Gasteiger partial charge >= 0.3 is 0 Å². The summed E-state index contributed by atoms with van der Waals surface area (Å²) in [5, 5.41) is 4.58. The van der Waals surface area contributed by atoms with Crippen molar-refractivity contribution < 1.29 is 14.2 Å². The summed E-state index contributed by atoms with van der Waals surface area (Å²) in [7, 11) is 1.63. The first-order chi connectivity index (χ1) is 14.1. The molecule has 0 heterocycles. The predicted octanol–water partition coefficient (Wildman–Crippen LogP) is 6.64. The van der Waals surface area contributed by atoms with Crippen molar-refractivity contribution in [3.05, 3.63) is 56.0 Å². The number of unbranched alkanes of at least 4 members (excludes halogenated alkanes) is 1. The zero-order valence-corrected chi connectivity index (χ0v) is 20.0. The van der Waals surface area contributed by atoms with Gasteiger partial charge in [0.2, 0.25) is 0 Å². The molecule has 0 amide bonds. The van der Waals surface area contributed by atoms with Gasteiger partial charge in [-0.2, -0.15) is 0 Å². The van der Waals surface area contributed by atoms with Crippen LogP contribution < -0.4 is 14.8 Å². The highest BCUT2D eigenvalue weighted by Crippen LogP contribution is 2.38.